The Morgan fingerprint density at radius 1 is 1.42 bits per heavy atom. The third-order valence-electron chi connectivity index (χ3n) is 3.77. The molecule has 106 valence electrons. The topological polar surface area (TPSA) is 16.1 Å². The SMILES string of the molecule is CC(C)CCN(c1ncc(Br)cc1Cl)C1CCCC1. The summed E-state index contributed by atoms with van der Waals surface area (Å²) in [5.74, 6) is 1.66. The quantitative estimate of drug-likeness (QED) is 0.720. The lowest BCUT2D eigenvalue weighted by Gasteiger charge is -2.31. The predicted molar refractivity (Wildman–Crippen MR) is 86.0 cm³/mol. The Morgan fingerprint density at radius 3 is 2.68 bits per heavy atom. The van der Waals surface area contributed by atoms with Crippen molar-refractivity contribution in [2.75, 3.05) is 11.4 Å². The van der Waals surface area contributed by atoms with Gasteiger partial charge >= 0.3 is 0 Å². The lowest BCUT2D eigenvalue weighted by Crippen LogP contribution is -2.35. The van der Waals surface area contributed by atoms with Crippen molar-refractivity contribution in [3.05, 3.63) is 21.8 Å². The molecule has 0 atom stereocenters. The van der Waals surface area contributed by atoms with Gasteiger partial charge in [-0.25, -0.2) is 4.98 Å². The number of hydrogen-bond donors (Lipinski definition) is 0. The fourth-order valence-electron chi connectivity index (χ4n) is 2.69. The van der Waals surface area contributed by atoms with Crippen LogP contribution in [0.5, 0.6) is 0 Å². The Labute approximate surface area is 129 Å². The Morgan fingerprint density at radius 2 is 2.11 bits per heavy atom. The molecule has 1 aromatic heterocycles. The third kappa shape index (κ3) is 4.09. The largest absolute Gasteiger partial charge is 0.352 e. The van der Waals surface area contributed by atoms with E-state index >= 15 is 0 Å². The fourth-order valence-corrected chi connectivity index (χ4v) is 3.43. The van der Waals surface area contributed by atoms with Gasteiger partial charge in [0, 0.05) is 23.3 Å². The van der Waals surface area contributed by atoms with Crippen LogP contribution in [-0.4, -0.2) is 17.6 Å². The van der Waals surface area contributed by atoms with Gasteiger partial charge in [0.1, 0.15) is 5.82 Å². The van der Waals surface area contributed by atoms with E-state index in [1.165, 1.54) is 32.1 Å². The van der Waals surface area contributed by atoms with Gasteiger partial charge in [-0.2, -0.15) is 0 Å². The van der Waals surface area contributed by atoms with Gasteiger partial charge in [0.2, 0.25) is 0 Å². The highest BCUT2D eigenvalue weighted by atomic mass is 79.9. The Bertz CT molecular complexity index is 417. The molecule has 0 radical (unpaired) electrons. The summed E-state index contributed by atoms with van der Waals surface area (Å²) in [6.45, 7) is 5.59. The fraction of sp³-hybridized carbons (Fsp3) is 0.667. The molecular weight excluding hydrogens is 324 g/mol. The van der Waals surface area contributed by atoms with Gasteiger partial charge in [0.15, 0.2) is 0 Å². The van der Waals surface area contributed by atoms with Crippen LogP contribution in [0.4, 0.5) is 5.82 Å². The van der Waals surface area contributed by atoms with Crippen molar-refractivity contribution in [1.29, 1.82) is 0 Å². The molecule has 0 N–H and O–H groups in total. The van der Waals surface area contributed by atoms with Crippen LogP contribution in [0, 0.1) is 5.92 Å². The van der Waals surface area contributed by atoms with Gasteiger partial charge < -0.3 is 4.90 Å². The number of rotatable bonds is 5. The minimum atomic E-state index is 0.616. The molecule has 1 saturated carbocycles. The number of anilines is 1. The predicted octanol–water partition coefficient (Wildman–Crippen LogP) is 5.29. The van der Waals surface area contributed by atoms with Crippen LogP contribution >= 0.6 is 27.5 Å². The molecule has 1 aliphatic carbocycles. The first-order chi connectivity index (χ1) is 9.08. The molecule has 0 aromatic carbocycles. The van der Waals surface area contributed by atoms with Crippen LogP contribution in [-0.2, 0) is 0 Å². The van der Waals surface area contributed by atoms with Gasteiger partial charge in [0.25, 0.3) is 0 Å². The maximum atomic E-state index is 6.38. The average Bonchev–Trinajstić information content (AvgIpc) is 2.85. The molecule has 0 bridgehead atoms. The molecule has 0 spiro atoms. The van der Waals surface area contributed by atoms with E-state index in [0.717, 1.165) is 21.9 Å². The summed E-state index contributed by atoms with van der Waals surface area (Å²) in [4.78, 5) is 6.98. The number of nitrogens with zero attached hydrogens (tertiary/aromatic N) is 2. The monoisotopic (exact) mass is 344 g/mol. The van der Waals surface area contributed by atoms with E-state index in [1.54, 1.807) is 0 Å². The van der Waals surface area contributed by atoms with Crippen molar-refractivity contribution in [1.82, 2.24) is 4.98 Å². The number of halogens is 2. The Kier molecular flexibility index (Phi) is 5.52. The molecule has 0 saturated heterocycles. The van der Waals surface area contributed by atoms with Gasteiger partial charge in [-0.1, -0.05) is 38.3 Å². The maximum Gasteiger partial charge on any atom is 0.147 e. The Balaban J connectivity index is 2.19. The van der Waals surface area contributed by atoms with Crippen molar-refractivity contribution in [3.63, 3.8) is 0 Å². The van der Waals surface area contributed by atoms with Crippen molar-refractivity contribution in [2.24, 2.45) is 5.92 Å². The van der Waals surface area contributed by atoms with E-state index in [2.05, 4.69) is 39.7 Å². The second-order valence-electron chi connectivity index (χ2n) is 5.77. The first kappa shape index (κ1) is 15.1. The van der Waals surface area contributed by atoms with Gasteiger partial charge in [-0.05, 0) is 47.2 Å². The van der Waals surface area contributed by atoms with Crippen LogP contribution < -0.4 is 4.90 Å². The maximum absolute atomic E-state index is 6.38. The number of hydrogen-bond acceptors (Lipinski definition) is 2. The van der Waals surface area contributed by atoms with Crippen molar-refractivity contribution < 1.29 is 0 Å². The summed E-state index contributed by atoms with van der Waals surface area (Å²) in [6.07, 6.45) is 8.23. The summed E-state index contributed by atoms with van der Waals surface area (Å²) >= 11 is 9.81. The van der Waals surface area contributed by atoms with Gasteiger partial charge in [-0.15, -0.1) is 0 Å². The molecule has 0 amide bonds. The summed E-state index contributed by atoms with van der Waals surface area (Å²) in [5, 5.41) is 0.755. The molecular formula is C15H22BrClN2. The zero-order chi connectivity index (χ0) is 13.8. The summed E-state index contributed by atoms with van der Waals surface area (Å²) in [5.41, 5.74) is 0. The molecule has 1 aliphatic rings. The van der Waals surface area contributed by atoms with E-state index in [9.17, 15) is 0 Å². The summed E-state index contributed by atoms with van der Waals surface area (Å²) in [7, 11) is 0. The number of aromatic nitrogens is 1. The van der Waals surface area contributed by atoms with Gasteiger partial charge in [0.05, 0.1) is 5.02 Å². The van der Waals surface area contributed by atoms with Crippen LogP contribution in [0.15, 0.2) is 16.7 Å². The summed E-state index contributed by atoms with van der Waals surface area (Å²) < 4.78 is 0.941. The van der Waals surface area contributed by atoms with E-state index < -0.39 is 0 Å². The van der Waals surface area contributed by atoms with Crippen LogP contribution in [0.3, 0.4) is 0 Å². The first-order valence-electron chi connectivity index (χ1n) is 7.15. The molecule has 0 aliphatic heterocycles. The average molecular weight is 346 g/mol. The molecule has 2 rings (SSSR count). The lowest BCUT2D eigenvalue weighted by atomic mass is 10.1. The molecule has 1 aromatic rings. The highest BCUT2D eigenvalue weighted by Gasteiger charge is 2.25. The van der Waals surface area contributed by atoms with Crippen molar-refractivity contribution in [3.8, 4) is 0 Å². The normalized spacial score (nSPS) is 16.3. The molecule has 1 fully saturated rings. The Hall–Kier alpha value is -0.280. The summed E-state index contributed by atoms with van der Waals surface area (Å²) in [6, 6.07) is 2.56. The van der Waals surface area contributed by atoms with Crippen LogP contribution in [0.25, 0.3) is 0 Å². The van der Waals surface area contributed by atoms with Gasteiger partial charge in [-0.3, -0.25) is 0 Å². The van der Waals surface area contributed by atoms with E-state index in [0.29, 0.717) is 12.0 Å². The smallest absolute Gasteiger partial charge is 0.147 e. The molecule has 0 unspecified atom stereocenters. The van der Waals surface area contributed by atoms with Crippen molar-refractivity contribution in [2.45, 2.75) is 52.0 Å². The number of pyridine rings is 1. The highest BCUT2D eigenvalue weighted by Crippen LogP contribution is 2.33. The van der Waals surface area contributed by atoms with Crippen LogP contribution in [0.2, 0.25) is 5.02 Å². The van der Waals surface area contributed by atoms with E-state index in [-0.39, 0.29) is 0 Å². The van der Waals surface area contributed by atoms with Crippen LogP contribution in [0.1, 0.15) is 46.0 Å². The highest BCUT2D eigenvalue weighted by molar-refractivity contribution is 9.10. The lowest BCUT2D eigenvalue weighted by molar-refractivity contribution is 0.525. The van der Waals surface area contributed by atoms with E-state index in [1.807, 2.05) is 12.3 Å². The third-order valence-corrected chi connectivity index (χ3v) is 4.49. The first-order valence-corrected chi connectivity index (χ1v) is 8.32. The minimum Gasteiger partial charge on any atom is -0.352 e. The molecule has 2 nitrogen and oxygen atoms in total. The zero-order valence-electron chi connectivity index (χ0n) is 11.7. The molecule has 19 heavy (non-hydrogen) atoms. The second kappa shape index (κ2) is 6.94. The standard InChI is InChI=1S/C15H22BrClN2/c1-11(2)7-8-19(13-5-3-4-6-13)15-14(17)9-12(16)10-18-15/h9-11,13H,3-8H2,1-2H3. The zero-order valence-corrected chi connectivity index (χ0v) is 14.0. The molecule has 4 heteroatoms. The second-order valence-corrected chi connectivity index (χ2v) is 7.10. The minimum absolute atomic E-state index is 0.616. The van der Waals surface area contributed by atoms with Crippen molar-refractivity contribution >= 4 is 33.3 Å². The molecule has 1 heterocycles. The van der Waals surface area contributed by atoms with E-state index in [4.69, 9.17) is 11.6 Å².